The number of carbonyl (C=O) groups is 1. The largest absolute Gasteiger partial charge is 0.508 e. The quantitative estimate of drug-likeness (QED) is 0.417. The Morgan fingerprint density at radius 3 is 2.97 bits per heavy atom. The molecule has 4 rings (SSSR count). The molecule has 1 aliphatic rings. The average molecular weight is 450 g/mol. The maximum absolute atomic E-state index is 13.8. The summed E-state index contributed by atoms with van der Waals surface area (Å²) in [6, 6.07) is 4.85. The molecule has 1 amide bonds. The van der Waals surface area contributed by atoms with Crippen molar-refractivity contribution in [2.45, 2.75) is 24.7 Å². The first-order chi connectivity index (χ1) is 14.9. The van der Waals surface area contributed by atoms with Gasteiger partial charge >= 0.3 is 0 Å². The second-order valence-corrected chi connectivity index (χ2v) is 7.70. The van der Waals surface area contributed by atoms with Gasteiger partial charge in [-0.05, 0) is 30.7 Å². The second kappa shape index (κ2) is 8.66. The van der Waals surface area contributed by atoms with Gasteiger partial charge in [0.15, 0.2) is 5.65 Å². The van der Waals surface area contributed by atoms with Crippen molar-refractivity contribution >= 4 is 29.0 Å². The molecule has 1 aromatic carbocycles. The van der Waals surface area contributed by atoms with E-state index in [2.05, 4.69) is 15.4 Å². The molecule has 1 aliphatic heterocycles. The average Bonchev–Trinajstić information content (AvgIpc) is 3.36. The third kappa shape index (κ3) is 4.27. The van der Waals surface area contributed by atoms with Gasteiger partial charge in [0, 0.05) is 24.8 Å². The van der Waals surface area contributed by atoms with Gasteiger partial charge in [0.2, 0.25) is 0 Å². The van der Waals surface area contributed by atoms with Crippen molar-refractivity contribution in [1.29, 1.82) is 0 Å². The van der Waals surface area contributed by atoms with Crippen LogP contribution in [0.15, 0.2) is 36.7 Å². The van der Waals surface area contributed by atoms with E-state index in [0.29, 0.717) is 11.4 Å². The van der Waals surface area contributed by atoms with Crippen molar-refractivity contribution in [2.24, 2.45) is 0 Å². The molecule has 1 saturated heterocycles. The molecule has 3 heterocycles. The molecule has 0 saturated carbocycles. The van der Waals surface area contributed by atoms with Crippen LogP contribution < -0.4 is 10.2 Å². The number of aromatic hydroxyl groups is 1. The number of nitrogens with zero attached hydrogens (tertiary/aromatic N) is 4. The molecule has 0 spiro atoms. The molecule has 3 atom stereocenters. The van der Waals surface area contributed by atoms with E-state index in [4.69, 9.17) is 11.6 Å². The molecular weight excluding hydrogens is 429 g/mol. The zero-order valence-corrected chi connectivity index (χ0v) is 17.1. The number of fused-ring (bicyclic) bond motifs is 1. The lowest BCUT2D eigenvalue weighted by Crippen LogP contribution is -2.33. The Hall–Kier alpha value is -2.95. The summed E-state index contributed by atoms with van der Waals surface area (Å²) in [4.78, 5) is 18.8. The number of aliphatic hydroxyl groups is 2. The van der Waals surface area contributed by atoms with Crippen molar-refractivity contribution < 1.29 is 24.5 Å². The van der Waals surface area contributed by atoms with Gasteiger partial charge in [-0.3, -0.25) is 4.79 Å². The standard InChI is InChI=1S/C20H21ClFN5O4/c21-7-13(29)8-23-20(31)15-9-24-27-4-3-18(25-19(15)27)26-10-12(28)6-16(26)14-5-11(22)1-2-17(14)30/h1-5,9,12-13,16,28-30H,6-8,10H2,(H,23,31)/t12-,13-,16?/m1/s1. The van der Waals surface area contributed by atoms with Crippen molar-refractivity contribution in [1.82, 2.24) is 19.9 Å². The Morgan fingerprint density at radius 2 is 2.19 bits per heavy atom. The predicted molar refractivity (Wildman–Crippen MR) is 111 cm³/mol. The molecule has 4 N–H and O–H groups in total. The Bertz CT molecular complexity index is 1110. The molecule has 2 aromatic heterocycles. The number of halogens is 2. The summed E-state index contributed by atoms with van der Waals surface area (Å²) in [5.41, 5.74) is 0.826. The number of amides is 1. The molecule has 9 nitrogen and oxygen atoms in total. The first-order valence-electron chi connectivity index (χ1n) is 9.67. The van der Waals surface area contributed by atoms with E-state index in [9.17, 15) is 24.5 Å². The van der Waals surface area contributed by atoms with Gasteiger partial charge in [-0.15, -0.1) is 11.6 Å². The van der Waals surface area contributed by atoms with Crippen LogP contribution in [-0.2, 0) is 0 Å². The number of hydrogen-bond donors (Lipinski definition) is 4. The molecular formula is C20H21ClFN5O4. The molecule has 0 radical (unpaired) electrons. The minimum absolute atomic E-state index is 0.0109. The highest BCUT2D eigenvalue weighted by Crippen LogP contribution is 2.39. The topological polar surface area (TPSA) is 123 Å². The van der Waals surface area contributed by atoms with Gasteiger partial charge in [-0.2, -0.15) is 5.10 Å². The number of anilines is 1. The van der Waals surface area contributed by atoms with Gasteiger partial charge in [0.25, 0.3) is 5.91 Å². The van der Waals surface area contributed by atoms with Crippen LogP contribution >= 0.6 is 11.6 Å². The van der Waals surface area contributed by atoms with Gasteiger partial charge in [0.1, 0.15) is 22.9 Å². The van der Waals surface area contributed by atoms with Crippen LogP contribution in [0.3, 0.4) is 0 Å². The summed E-state index contributed by atoms with van der Waals surface area (Å²) in [5.74, 6) is -0.610. The summed E-state index contributed by atoms with van der Waals surface area (Å²) >= 11 is 5.55. The number of phenols is 1. The normalized spacial score (nSPS) is 19.7. The minimum Gasteiger partial charge on any atom is -0.508 e. The van der Waals surface area contributed by atoms with E-state index in [1.165, 1.54) is 22.8 Å². The molecule has 0 aliphatic carbocycles. The second-order valence-electron chi connectivity index (χ2n) is 7.39. The predicted octanol–water partition coefficient (Wildman–Crippen LogP) is 1.22. The highest BCUT2D eigenvalue weighted by Gasteiger charge is 2.35. The molecule has 164 valence electrons. The third-order valence-corrected chi connectivity index (χ3v) is 5.55. The lowest BCUT2D eigenvalue weighted by atomic mass is 10.0. The number of carbonyl (C=O) groups excluding carboxylic acids is 1. The van der Waals surface area contributed by atoms with Crippen LogP contribution in [-0.4, -0.2) is 67.0 Å². The lowest BCUT2D eigenvalue weighted by molar-refractivity contribution is 0.0926. The smallest absolute Gasteiger partial charge is 0.256 e. The number of benzene rings is 1. The number of rotatable bonds is 6. The summed E-state index contributed by atoms with van der Waals surface area (Å²) < 4.78 is 15.2. The zero-order chi connectivity index (χ0) is 22.1. The Balaban J connectivity index is 1.67. The molecule has 0 bridgehead atoms. The molecule has 11 heteroatoms. The van der Waals surface area contributed by atoms with Crippen LogP contribution in [0.1, 0.15) is 28.4 Å². The first-order valence-corrected chi connectivity index (χ1v) is 10.2. The number of phenolic OH excluding ortho intramolecular Hbond substituents is 1. The summed E-state index contributed by atoms with van der Waals surface area (Å²) in [5, 5.41) is 36.7. The Kier molecular flexibility index (Phi) is 5.94. The summed E-state index contributed by atoms with van der Waals surface area (Å²) in [6.45, 7) is 0.208. The van der Waals surface area contributed by atoms with Crippen molar-refractivity contribution in [2.75, 3.05) is 23.9 Å². The number of aromatic nitrogens is 3. The van der Waals surface area contributed by atoms with E-state index in [-0.39, 0.29) is 42.4 Å². The molecule has 1 unspecified atom stereocenters. The summed E-state index contributed by atoms with van der Waals surface area (Å²) in [7, 11) is 0. The molecule has 3 aromatic rings. The van der Waals surface area contributed by atoms with Crippen LogP contribution in [0.25, 0.3) is 5.65 Å². The lowest BCUT2D eigenvalue weighted by Gasteiger charge is -2.26. The maximum Gasteiger partial charge on any atom is 0.256 e. The van der Waals surface area contributed by atoms with Crippen molar-refractivity contribution in [3.8, 4) is 5.75 Å². The SMILES string of the molecule is O=C(NC[C@H](O)CCl)c1cnn2ccc(N3C[C@H](O)CC3c3cc(F)ccc3O)nc12. The van der Waals surface area contributed by atoms with E-state index in [1.807, 2.05) is 0 Å². The number of β-amino-alcohol motifs (C(OH)–C–C–N with tert-alkyl or cyclic N) is 1. The Morgan fingerprint density at radius 1 is 1.39 bits per heavy atom. The Labute approximate surface area is 181 Å². The monoisotopic (exact) mass is 449 g/mol. The number of alkyl halides is 1. The van der Waals surface area contributed by atoms with Gasteiger partial charge in [-0.1, -0.05) is 0 Å². The third-order valence-electron chi connectivity index (χ3n) is 5.20. The minimum atomic E-state index is -0.873. The van der Waals surface area contributed by atoms with Gasteiger partial charge < -0.3 is 25.5 Å². The number of aliphatic hydroxyl groups excluding tert-OH is 2. The summed E-state index contributed by atoms with van der Waals surface area (Å²) in [6.07, 6.45) is 1.70. The number of nitrogens with one attached hydrogen (secondary N) is 1. The van der Waals surface area contributed by atoms with E-state index < -0.39 is 30.0 Å². The van der Waals surface area contributed by atoms with E-state index in [1.54, 1.807) is 17.2 Å². The van der Waals surface area contributed by atoms with E-state index >= 15 is 0 Å². The van der Waals surface area contributed by atoms with Crippen molar-refractivity contribution in [3.63, 3.8) is 0 Å². The first kappa shape index (κ1) is 21.3. The molecule has 31 heavy (non-hydrogen) atoms. The highest BCUT2D eigenvalue weighted by atomic mass is 35.5. The van der Waals surface area contributed by atoms with Crippen molar-refractivity contribution in [3.05, 3.63) is 53.6 Å². The van der Waals surface area contributed by atoms with E-state index in [0.717, 1.165) is 6.07 Å². The zero-order valence-electron chi connectivity index (χ0n) is 16.3. The fourth-order valence-corrected chi connectivity index (χ4v) is 3.80. The molecule has 1 fully saturated rings. The fourth-order valence-electron chi connectivity index (χ4n) is 3.69. The number of hydrogen-bond acceptors (Lipinski definition) is 7. The van der Waals surface area contributed by atoms with Crippen LogP contribution in [0.4, 0.5) is 10.2 Å². The van der Waals surface area contributed by atoms with Gasteiger partial charge in [-0.25, -0.2) is 13.9 Å². The van der Waals surface area contributed by atoms with Gasteiger partial charge in [0.05, 0.1) is 30.3 Å². The van der Waals surface area contributed by atoms with Crippen LogP contribution in [0.2, 0.25) is 0 Å². The maximum atomic E-state index is 13.8. The van der Waals surface area contributed by atoms with Crippen LogP contribution in [0.5, 0.6) is 5.75 Å². The highest BCUT2D eigenvalue weighted by molar-refractivity contribution is 6.18. The fraction of sp³-hybridized carbons (Fsp3) is 0.350. The van der Waals surface area contributed by atoms with Crippen LogP contribution in [0, 0.1) is 5.82 Å².